The molecule has 0 aromatic carbocycles. The molecule has 0 amide bonds. The summed E-state index contributed by atoms with van der Waals surface area (Å²) in [6.07, 6.45) is 2.68. The lowest BCUT2D eigenvalue weighted by atomic mass is 10.2. The average molecular weight is 422 g/mol. The summed E-state index contributed by atoms with van der Waals surface area (Å²) in [4.78, 5) is 8.42. The van der Waals surface area contributed by atoms with Gasteiger partial charge >= 0.3 is 0 Å². The summed E-state index contributed by atoms with van der Waals surface area (Å²) in [5, 5.41) is 6.50. The fourth-order valence-electron chi connectivity index (χ4n) is 1.75. The van der Waals surface area contributed by atoms with Gasteiger partial charge in [0.15, 0.2) is 5.96 Å². The first-order chi connectivity index (χ1) is 10.3. The lowest BCUT2D eigenvalue weighted by molar-refractivity contribution is 0.145. The molecular weight excluding hydrogens is 395 g/mol. The quantitative estimate of drug-likeness (QED) is 0.277. The monoisotopic (exact) mass is 422 g/mol. The van der Waals surface area contributed by atoms with Crippen LogP contribution in [-0.2, 0) is 11.3 Å². The van der Waals surface area contributed by atoms with Crippen molar-refractivity contribution in [3.8, 4) is 5.88 Å². The van der Waals surface area contributed by atoms with Gasteiger partial charge in [0.2, 0.25) is 5.88 Å². The summed E-state index contributed by atoms with van der Waals surface area (Å²) in [7, 11) is 1.75. The normalized spacial score (nSPS) is 10.8. The topological polar surface area (TPSA) is 67.8 Å². The summed E-state index contributed by atoms with van der Waals surface area (Å²) < 4.78 is 10.8. The first kappa shape index (κ1) is 20.9. The minimum Gasteiger partial charge on any atom is -0.478 e. The number of aliphatic imine (C=N–C) groups is 1. The Morgan fingerprint density at radius 3 is 2.77 bits per heavy atom. The molecule has 7 heteroatoms. The Labute approximate surface area is 150 Å². The van der Waals surface area contributed by atoms with Crippen LogP contribution < -0.4 is 15.4 Å². The number of guanidine groups is 1. The van der Waals surface area contributed by atoms with Crippen molar-refractivity contribution in [3.63, 3.8) is 0 Å². The van der Waals surface area contributed by atoms with Crippen molar-refractivity contribution in [3.05, 3.63) is 23.9 Å². The van der Waals surface area contributed by atoms with Gasteiger partial charge in [-0.3, -0.25) is 4.99 Å². The van der Waals surface area contributed by atoms with Crippen LogP contribution in [0.1, 0.15) is 25.8 Å². The Hall–Kier alpha value is -1.09. The second kappa shape index (κ2) is 13.6. The summed E-state index contributed by atoms with van der Waals surface area (Å²) in [5.41, 5.74) is 1.01. The van der Waals surface area contributed by atoms with E-state index in [2.05, 4.69) is 20.6 Å². The van der Waals surface area contributed by atoms with E-state index in [1.54, 1.807) is 13.2 Å². The highest BCUT2D eigenvalue weighted by Gasteiger charge is 2.05. The maximum absolute atomic E-state index is 5.50. The second-order valence-electron chi connectivity index (χ2n) is 4.30. The largest absolute Gasteiger partial charge is 0.478 e. The Bertz CT molecular complexity index is 430. The van der Waals surface area contributed by atoms with Gasteiger partial charge in [-0.25, -0.2) is 4.98 Å². The summed E-state index contributed by atoms with van der Waals surface area (Å²) >= 11 is 0. The second-order valence-corrected chi connectivity index (χ2v) is 4.30. The van der Waals surface area contributed by atoms with Crippen LogP contribution >= 0.6 is 24.0 Å². The molecule has 2 N–H and O–H groups in total. The van der Waals surface area contributed by atoms with Crippen LogP contribution in [0.15, 0.2) is 23.3 Å². The van der Waals surface area contributed by atoms with Crippen LogP contribution in [0.25, 0.3) is 0 Å². The molecule has 22 heavy (non-hydrogen) atoms. The third-order valence-electron chi connectivity index (χ3n) is 2.76. The van der Waals surface area contributed by atoms with Crippen molar-refractivity contribution < 1.29 is 9.47 Å². The number of hydrogen-bond acceptors (Lipinski definition) is 4. The summed E-state index contributed by atoms with van der Waals surface area (Å²) in [6.45, 7) is 7.52. The number of ether oxygens (including phenoxy) is 2. The van der Waals surface area contributed by atoms with Gasteiger partial charge in [0.1, 0.15) is 0 Å². The molecule has 0 saturated carbocycles. The van der Waals surface area contributed by atoms with Crippen LogP contribution in [-0.4, -0.2) is 44.4 Å². The van der Waals surface area contributed by atoms with Gasteiger partial charge in [0, 0.05) is 45.1 Å². The fourth-order valence-corrected chi connectivity index (χ4v) is 1.75. The van der Waals surface area contributed by atoms with Crippen molar-refractivity contribution in [1.82, 2.24) is 15.6 Å². The van der Waals surface area contributed by atoms with Crippen molar-refractivity contribution >= 4 is 29.9 Å². The van der Waals surface area contributed by atoms with Crippen molar-refractivity contribution in [1.29, 1.82) is 0 Å². The van der Waals surface area contributed by atoms with Crippen LogP contribution in [0.5, 0.6) is 5.88 Å². The van der Waals surface area contributed by atoms with E-state index in [-0.39, 0.29) is 24.0 Å². The zero-order chi connectivity index (χ0) is 15.3. The number of nitrogens with zero attached hydrogens (tertiary/aromatic N) is 2. The highest BCUT2D eigenvalue weighted by molar-refractivity contribution is 14.0. The predicted octanol–water partition coefficient (Wildman–Crippen LogP) is 2.19. The van der Waals surface area contributed by atoms with Gasteiger partial charge in [0.25, 0.3) is 0 Å². The molecule has 0 saturated heterocycles. The molecule has 0 unspecified atom stereocenters. The van der Waals surface area contributed by atoms with Gasteiger partial charge in [-0.15, -0.1) is 24.0 Å². The minimum absolute atomic E-state index is 0. The number of rotatable bonds is 9. The lowest BCUT2D eigenvalue weighted by Crippen LogP contribution is -2.37. The van der Waals surface area contributed by atoms with Gasteiger partial charge in [-0.05, 0) is 26.3 Å². The molecule has 0 aliphatic rings. The number of aromatic nitrogens is 1. The van der Waals surface area contributed by atoms with E-state index in [0.29, 0.717) is 19.0 Å². The highest BCUT2D eigenvalue weighted by Crippen LogP contribution is 2.13. The molecule has 0 atom stereocenters. The molecule has 0 fully saturated rings. The van der Waals surface area contributed by atoms with Crippen molar-refractivity contribution in [2.24, 2.45) is 4.99 Å². The molecule has 0 radical (unpaired) electrons. The highest BCUT2D eigenvalue weighted by atomic mass is 127. The molecule has 0 spiro atoms. The molecule has 1 heterocycles. The molecule has 1 aromatic rings. The van der Waals surface area contributed by atoms with E-state index in [1.165, 1.54) is 0 Å². The lowest BCUT2D eigenvalue weighted by Gasteiger charge is -2.13. The molecular formula is C15H27IN4O2. The standard InChI is InChI=1S/C15H26N4O2.HI/c1-4-20-11-7-10-18-15(16-3)19-12-13-8-6-9-17-14(13)21-5-2;/h6,8-9H,4-5,7,10-12H2,1-3H3,(H2,16,18,19);1H. The maximum atomic E-state index is 5.50. The molecule has 0 aliphatic heterocycles. The van der Waals surface area contributed by atoms with Gasteiger partial charge in [-0.1, -0.05) is 6.07 Å². The van der Waals surface area contributed by atoms with E-state index in [1.807, 2.05) is 26.0 Å². The first-order valence-corrected chi connectivity index (χ1v) is 7.40. The maximum Gasteiger partial charge on any atom is 0.218 e. The van der Waals surface area contributed by atoms with Crippen LogP contribution in [0.4, 0.5) is 0 Å². The van der Waals surface area contributed by atoms with Gasteiger partial charge in [-0.2, -0.15) is 0 Å². The number of pyridine rings is 1. The third-order valence-corrected chi connectivity index (χ3v) is 2.76. The van der Waals surface area contributed by atoms with E-state index in [9.17, 15) is 0 Å². The zero-order valence-electron chi connectivity index (χ0n) is 13.6. The predicted molar refractivity (Wildman–Crippen MR) is 100 cm³/mol. The first-order valence-electron chi connectivity index (χ1n) is 7.40. The van der Waals surface area contributed by atoms with Crippen molar-refractivity contribution in [2.75, 3.05) is 33.4 Å². The number of halogens is 1. The van der Waals surface area contributed by atoms with Gasteiger partial charge in [0.05, 0.1) is 6.61 Å². The summed E-state index contributed by atoms with van der Waals surface area (Å²) in [5.74, 6) is 1.43. The van der Waals surface area contributed by atoms with E-state index in [4.69, 9.17) is 9.47 Å². The Balaban J connectivity index is 0.00000441. The third kappa shape index (κ3) is 8.38. The Kier molecular flexibility index (Phi) is 12.9. The Morgan fingerprint density at radius 1 is 1.27 bits per heavy atom. The van der Waals surface area contributed by atoms with E-state index in [0.717, 1.165) is 37.7 Å². The average Bonchev–Trinajstić information content (AvgIpc) is 2.51. The SMILES string of the molecule is CCOCCCNC(=NC)NCc1cccnc1OCC.I. The van der Waals surface area contributed by atoms with E-state index >= 15 is 0 Å². The Morgan fingerprint density at radius 2 is 2.09 bits per heavy atom. The minimum atomic E-state index is 0. The zero-order valence-corrected chi connectivity index (χ0v) is 15.9. The molecule has 126 valence electrons. The van der Waals surface area contributed by atoms with Crippen LogP contribution in [0.3, 0.4) is 0 Å². The number of hydrogen-bond donors (Lipinski definition) is 2. The molecule has 1 aromatic heterocycles. The van der Waals surface area contributed by atoms with Crippen LogP contribution in [0.2, 0.25) is 0 Å². The molecule has 0 aliphatic carbocycles. The fraction of sp³-hybridized carbons (Fsp3) is 0.600. The van der Waals surface area contributed by atoms with Gasteiger partial charge < -0.3 is 20.1 Å². The van der Waals surface area contributed by atoms with E-state index < -0.39 is 0 Å². The molecule has 0 bridgehead atoms. The van der Waals surface area contributed by atoms with Crippen LogP contribution in [0, 0.1) is 0 Å². The smallest absolute Gasteiger partial charge is 0.218 e. The number of nitrogens with one attached hydrogen (secondary N) is 2. The summed E-state index contributed by atoms with van der Waals surface area (Å²) in [6, 6.07) is 3.89. The molecule has 6 nitrogen and oxygen atoms in total. The molecule has 1 rings (SSSR count). The van der Waals surface area contributed by atoms with Crippen molar-refractivity contribution in [2.45, 2.75) is 26.8 Å².